The maximum Gasteiger partial charge on any atom is 0.407 e. The minimum absolute atomic E-state index is 0.00413. The molecule has 1 aliphatic rings. The number of nitrogen functional groups attached to an aromatic ring is 1. The van der Waals surface area contributed by atoms with E-state index in [4.69, 9.17) is 15.6 Å². The number of likely N-dealkylation sites (tertiary alicyclic amines) is 1. The lowest BCUT2D eigenvalue weighted by Gasteiger charge is -2.30. The highest BCUT2D eigenvalue weighted by Gasteiger charge is 2.28. The Morgan fingerprint density at radius 1 is 1.23 bits per heavy atom. The Balaban J connectivity index is 1.39. The average Bonchev–Trinajstić information content (AvgIpc) is 3.33. The fourth-order valence-electron chi connectivity index (χ4n) is 4.63. The van der Waals surface area contributed by atoms with Crippen molar-refractivity contribution in [3.63, 3.8) is 0 Å². The molecule has 2 aromatic heterocycles. The molecule has 1 aliphatic heterocycles. The molecule has 0 radical (unpaired) electrons. The number of piperidine rings is 1. The molecule has 4 N–H and O–H groups in total. The number of hydrogen-bond donors (Lipinski definition) is 3. The largest absolute Gasteiger partial charge is 0.494 e. The van der Waals surface area contributed by atoms with Crippen LogP contribution in [-0.4, -0.2) is 64.5 Å². The standard InChI is InChI=1S/C25H26FN7O5S/c1-38-20-11-18(8-9-19(20)26)39(36,37)30-12-15-4-6-16(7-5-15)22-21-23(27)28-14-29-24(21)33(31-22)17-3-2-10-32(13-17)25(34)35/h4-9,11,14,17,30H,2-3,10,12-13H2,1H3,(H,34,35)(H2,27,28,29)/t17-/m1/s1. The molecule has 0 unspecified atom stereocenters. The van der Waals surface area contributed by atoms with E-state index in [1.807, 2.05) is 0 Å². The summed E-state index contributed by atoms with van der Waals surface area (Å²) in [6.07, 6.45) is 1.81. The second-order valence-electron chi connectivity index (χ2n) is 9.09. The molecule has 204 valence electrons. The van der Waals surface area contributed by atoms with Gasteiger partial charge in [-0.05, 0) is 30.5 Å². The number of rotatable bonds is 7. The fraction of sp³-hybridized carbons (Fsp3) is 0.280. The molecule has 39 heavy (non-hydrogen) atoms. The third-order valence-corrected chi connectivity index (χ3v) is 8.06. The summed E-state index contributed by atoms with van der Waals surface area (Å²) in [5.41, 5.74) is 8.65. The van der Waals surface area contributed by atoms with E-state index >= 15 is 0 Å². The van der Waals surface area contributed by atoms with Crippen LogP contribution in [0.3, 0.4) is 0 Å². The summed E-state index contributed by atoms with van der Waals surface area (Å²) in [7, 11) is -2.66. The van der Waals surface area contributed by atoms with Crippen LogP contribution >= 0.6 is 0 Å². The van der Waals surface area contributed by atoms with Crippen LogP contribution in [0, 0.1) is 5.82 Å². The van der Waals surface area contributed by atoms with Crippen molar-refractivity contribution in [1.29, 1.82) is 0 Å². The second kappa shape index (κ2) is 10.5. The molecule has 1 amide bonds. The van der Waals surface area contributed by atoms with E-state index in [1.54, 1.807) is 28.9 Å². The van der Waals surface area contributed by atoms with Crippen LogP contribution < -0.4 is 15.2 Å². The Kier molecular flexibility index (Phi) is 7.06. The van der Waals surface area contributed by atoms with Crippen molar-refractivity contribution in [2.45, 2.75) is 30.3 Å². The first kappa shape index (κ1) is 26.3. The minimum atomic E-state index is -3.92. The van der Waals surface area contributed by atoms with Crippen molar-refractivity contribution in [3.05, 3.63) is 60.2 Å². The van der Waals surface area contributed by atoms with Crippen molar-refractivity contribution in [3.8, 4) is 17.0 Å². The van der Waals surface area contributed by atoms with E-state index in [-0.39, 0.29) is 35.6 Å². The molecule has 1 saturated heterocycles. The van der Waals surface area contributed by atoms with Crippen LogP contribution in [0.5, 0.6) is 5.75 Å². The molecule has 1 fully saturated rings. The van der Waals surface area contributed by atoms with Gasteiger partial charge in [0.1, 0.15) is 17.8 Å². The third kappa shape index (κ3) is 5.20. The number of anilines is 1. The molecule has 1 atom stereocenters. The summed E-state index contributed by atoms with van der Waals surface area (Å²) in [6.45, 7) is 0.749. The summed E-state index contributed by atoms with van der Waals surface area (Å²) in [5.74, 6) is -0.574. The van der Waals surface area contributed by atoms with E-state index in [0.717, 1.165) is 18.6 Å². The summed E-state index contributed by atoms with van der Waals surface area (Å²) in [6, 6.07) is 10.2. The topological polar surface area (TPSA) is 166 Å². The molecular formula is C25H26FN7O5S. The number of amides is 1. The van der Waals surface area contributed by atoms with Gasteiger partial charge in [0.2, 0.25) is 10.0 Å². The van der Waals surface area contributed by atoms with Crippen molar-refractivity contribution in [2.24, 2.45) is 0 Å². The van der Waals surface area contributed by atoms with Gasteiger partial charge >= 0.3 is 6.09 Å². The zero-order chi connectivity index (χ0) is 27.7. The highest BCUT2D eigenvalue weighted by atomic mass is 32.2. The fourth-order valence-corrected chi connectivity index (χ4v) is 5.66. The van der Waals surface area contributed by atoms with E-state index in [9.17, 15) is 22.7 Å². The smallest absolute Gasteiger partial charge is 0.407 e. The Morgan fingerprint density at radius 3 is 2.72 bits per heavy atom. The predicted molar refractivity (Wildman–Crippen MR) is 140 cm³/mol. The third-order valence-electron chi connectivity index (χ3n) is 6.66. The predicted octanol–water partition coefficient (Wildman–Crippen LogP) is 3.02. The summed E-state index contributed by atoms with van der Waals surface area (Å²) >= 11 is 0. The molecule has 5 rings (SSSR count). The Labute approximate surface area is 223 Å². The van der Waals surface area contributed by atoms with Crippen LogP contribution in [0.25, 0.3) is 22.3 Å². The molecule has 0 bridgehead atoms. The van der Waals surface area contributed by atoms with Gasteiger partial charge < -0.3 is 20.5 Å². The first-order valence-corrected chi connectivity index (χ1v) is 13.6. The average molecular weight is 556 g/mol. The molecule has 14 heteroatoms. The quantitative estimate of drug-likeness (QED) is 0.311. The highest BCUT2D eigenvalue weighted by molar-refractivity contribution is 7.89. The Bertz CT molecular complexity index is 1640. The van der Waals surface area contributed by atoms with Crippen molar-refractivity contribution >= 4 is 33.0 Å². The molecule has 0 spiro atoms. The van der Waals surface area contributed by atoms with Gasteiger partial charge in [-0.3, -0.25) is 0 Å². The van der Waals surface area contributed by atoms with Crippen LogP contribution in [0.2, 0.25) is 0 Å². The van der Waals surface area contributed by atoms with Crippen molar-refractivity contribution in [1.82, 2.24) is 29.4 Å². The van der Waals surface area contributed by atoms with Crippen LogP contribution in [0.1, 0.15) is 24.4 Å². The number of halogens is 1. The minimum Gasteiger partial charge on any atom is -0.494 e. The van der Waals surface area contributed by atoms with Gasteiger partial charge in [-0.25, -0.2) is 37.0 Å². The SMILES string of the molecule is COc1cc(S(=O)(=O)NCc2ccc(-c3nn([C@@H]4CCCN(C(=O)O)C4)c4ncnc(N)c34)cc2)ccc1F. The monoisotopic (exact) mass is 555 g/mol. The molecular weight excluding hydrogens is 529 g/mol. The van der Waals surface area contributed by atoms with Gasteiger partial charge in [0, 0.05) is 31.3 Å². The molecule has 0 saturated carbocycles. The molecule has 2 aromatic carbocycles. The molecule has 3 heterocycles. The number of fused-ring (bicyclic) bond motifs is 1. The van der Waals surface area contributed by atoms with E-state index in [2.05, 4.69) is 14.7 Å². The van der Waals surface area contributed by atoms with Gasteiger partial charge in [0.05, 0.1) is 23.4 Å². The highest BCUT2D eigenvalue weighted by Crippen LogP contribution is 2.34. The number of sulfonamides is 1. The number of aromatic nitrogens is 4. The summed E-state index contributed by atoms with van der Waals surface area (Å²) in [4.78, 5) is 21.3. The summed E-state index contributed by atoms with van der Waals surface area (Å²) in [5, 5.41) is 14.8. The van der Waals surface area contributed by atoms with Gasteiger partial charge in [0.25, 0.3) is 0 Å². The molecule has 0 aliphatic carbocycles. The number of hydrogen-bond acceptors (Lipinski definition) is 8. The first-order valence-electron chi connectivity index (χ1n) is 12.1. The number of benzene rings is 2. The number of carboxylic acid groups (broad SMARTS) is 1. The Hall–Kier alpha value is -4.30. The number of methoxy groups -OCH3 is 1. The summed E-state index contributed by atoms with van der Waals surface area (Å²) < 4.78 is 48.2. The van der Waals surface area contributed by atoms with Gasteiger partial charge in [-0.1, -0.05) is 24.3 Å². The normalized spacial score (nSPS) is 15.9. The lowest BCUT2D eigenvalue weighted by Crippen LogP contribution is -2.40. The molecule has 4 aromatic rings. The van der Waals surface area contributed by atoms with E-state index < -0.39 is 21.9 Å². The lowest BCUT2D eigenvalue weighted by atomic mass is 10.1. The lowest BCUT2D eigenvalue weighted by molar-refractivity contribution is 0.120. The van der Waals surface area contributed by atoms with Gasteiger partial charge in [0.15, 0.2) is 17.2 Å². The van der Waals surface area contributed by atoms with Gasteiger partial charge in [-0.2, -0.15) is 5.10 Å². The zero-order valence-electron chi connectivity index (χ0n) is 20.9. The van der Waals surface area contributed by atoms with Crippen LogP contribution in [0.4, 0.5) is 15.0 Å². The van der Waals surface area contributed by atoms with E-state index in [1.165, 1.54) is 24.4 Å². The molecule has 12 nitrogen and oxygen atoms in total. The van der Waals surface area contributed by atoms with Crippen LogP contribution in [0.15, 0.2) is 53.7 Å². The van der Waals surface area contributed by atoms with Gasteiger partial charge in [-0.15, -0.1) is 0 Å². The van der Waals surface area contributed by atoms with Crippen molar-refractivity contribution < 1.29 is 27.4 Å². The van der Waals surface area contributed by atoms with E-state index in [0.29, 0.717) is 40.8 Å². The maximum absolute atomic E-state index is 13.7. The zero-order valence-corrected chi connectivity index (χ0v) is 21.7. The second-order valence-corrected chi connectivity index (χ2v) is 10.9. The Morgan fingerprint density at radius 2 is 2.00 bits per heavy atom. The van der Waals surface area contributed by atoms with Crippen molar-refractivity contribution in [2.75, 3.05) is 25.9 Å². The number of nitrogens with one attached hydrogen (secondary N) is 1. The first-order chi connectivity index (χ1) is 18.7. The van der Waals surface area contributed by atoms with Crippen LogP contribution in [-0.2, 0) is 16.6 Å². The maximum atomic E-state index is 13.7. The number of nitrogens with zero attached hydrogens (tertiary/aromatic N) is 5. The number of ether oxygens (including phenoxy) is 1. The number of nitrogens with two attached hydrogens (primary N) is 1. The number of carbonyl (C=O) groups is 1.